The molecule has 3 rings (SSSR count). The van der Waals surface area contributed by atoms with Crippen molar-refractivity contribution in [1.29, 1.82) is 0 Å². The Kier molecular flexibility index (Phi) is 5.06. The number of nitrogens with zero attached hydrogens (tertiary/aromatic N) is 2. The van der Waals surface area contributed by atoms with Crippen LogP contribution < -0.4 is 10.3 Å². The molecule has 24 heavy (non-hydrogen) atoms. The van der Waals surface area contributed by atoms with Gasteiger partial charge in [0.05, 0.1) is 18.1 Å². The van der Waals surface area contributed by atoms with Crippen molar-refractivity contribution < 1.29 is 13.9 Å². The number of aromatic hydroxyl groups is 1. The van der Waals surface area contributed by atoms with Crippen molar-refractivity contribution in [3.63, 3.8) is 0 Å². The summed E-state index contributed by atoms with van der Waals surface area (Å²) in [5, 5.41) is 9.88. The van der Waals surface area contributed by atoms with Crippen LogP contribution in [0.1, 0.15) is 11.5 Å². The van der Waals surface area contributed by atoms with E-state index in [-0.39, 0.29) is 23.2 Å². The minimum absolute atomic E-state index is 0.0730. The van der Waals surface area contributed by atoms with E-state index in [2.05, 4.69) is 0 Å². The quantitative estimate of drug-likeness (QED) is 0.857. The van der Waals surface area contributed by atoms with Crippen molar-refractivity contribution in [3.8, 4) is 5.75 Å². The second-order valence-corrected chi connectivity index (χ2v) is 5.96. The first-order valence-electron chi connectivity index (χ1n) is 7.71. The summed E-state index contributed by atoms with van der Waals surface area (Å²) in [4.78, 5) is 15.7. The van der Waals surface area contributed by atoms with Crippen molar-refractivity contribution in [3.05, 3.63) is 57.9 Å². The third-order valence-corrected chi connectivity index (χ3v) is 4.37. The smallest absolute Gasteiger partial charge is 0.227 e. The van der Waals surface area contributed by atoms with Gasteiger partial charge in [0.1, 0.15) is 11.6 Å². The molecule has 0 radical (unpaired) electrons. The van der Waals surface area contributed by atoms with Gasteiger partial charge in [-0.3, -0.25) is 9.69 Å². The van der Waals surface area contributed by atoms with Gasteiger partial charge in [0.2, 0.25) is 11.2 Å². The van der Waals surface area contributed by atoms with Crippen LogP contribution in [0.5, 0.6) is 5.75 Å². The van der Waals surface area contributed by atoms with Gasteiger partial charge >= 0.3 is 0 Å². The molecule has 1 aromatic carbocycles. The lowest BCUT2D eigenvalue weighted by Gasteiger charge is -2.35. The number of alkyl halides is 1. The number of benzene rings is 1. The summed E-state index contributed by atoms with van der Waals surface area (Å²) in [5.41, 5.74) is 0.104. The van der Waals surface area contributed by atoms with Gasteiger partial charge in [-0.2, -0.15) is 0 Å². The molecule has 1 saturated heterocycles. The third-order valence-electron chi connectivity index (χ3n) is 4.11. The molecule has 0 spiro atoms. The lowest BCUT2D eigenvalue weighted by Crippen LogP contribution is -2.46. The maximum atomic E-state index is 13.8. The Hall–Kier alpha value is -2.05. The fourth-order valence-electron chi connectivity index (χ4n) is 2.82. The van der Waals surface area contributed by atoms with Crippen LogP contribution in [0.25, 0.3) is 0 Å². The minimum atomic E-state index is -0.489. The molecule has 1 fully saturated rings. The van der Waals surface area contributed by atoms with Crippen LogP contribution >= 0.6 is 11.6 Å². The van der Waals surface area contributed by atoms with Crippen molar-refractivity contribution >= 4 is 17.3 Å². The van der Waals surface area contributed by atoms with Gasteiger partial charge in [-0.25, -0.2) is 4.39 Å². The van der Waals surface area contributed by atoms with Crippen molar-refractivity contribution in [1.82, 2.24) is 4.90 Å². The predicted molar refractivity (Wildman–Crippen MR) is 90.1 cm³/mol. The highest BCUT2D eigenvalue weighted by Crippen LogP contribution is 2.22. The molecular weight excluding hydrogens is 335 g/mol. The van der Waals surface area contributed by atoms with Crippen LogP contribution in [0.15, 0.2) is 39.5 Å². The van der Waals surface area contributed by atoms with Crippen LogP contribution in [0.2, 0.25) is 0 Å². The summed E-state index contributed by atoms with van der Waals surface area (Å²) < 4.78 is 19.3. The number of anilines is 1. The molecule has 128 valence electrons. The Morgan fingerprint density at radius 3 is 2.58 bits per heavy atom. The summed E-state index contributed by atoms with van der Waals surface area (Å²) in [7, 11) is 0. The van der Waals surface area contributed by atoms with Gasteiger partial charge in [0.15, 0.2) is 5.76 Å². The number of para-hydroxylation sites is 1. The summed E-state index contributed by atoms with van der Waals surface area (Å²) in [6.45, 7) is 2.96. The Bertz CT molecular complexity index is 773. The van der Waals surface area contributed by atoms with Gasteiger partial charge in [-0.15, -0.1) is 11.6 Å². The Morgan fingerprint density at radius 1 is 1.21 bits per heavy atom. The van der Waals surface area contributed by atoms with E-state index in [0.29, 0.717) is 44.2 Å². The topological polar surface area (TPSA) is 56.9 Å². The maximum Gasteiger partial charge on any atom is 0.227 e. The molecule has 0 unspecified atom stereocenters. The maximum absolute atomic E-state index is 13.8. The van der Waals surface area contributed by atoms with Gasteiger partial charge in [-0.1, -0.05) is 12.1 Å². The molecule has 5 nitrogen and oxygen atoms in total. The first-order chi connectivity index (χ1) is 11.6. The highest BCUT2D eigenvalue weighted by Gasteiger charge is 2.21. The number of rotatable bonds is 4. The van der Waals surface area contributed by atoms with Crippen LogP contribution in [0, 0.1) is 5.82 Å². The number of piperazine rings is 1. The SMILES string of the molecule is O=c1cc(CCl)oc(CN2CCN(c3ccccc3F)CC2)c1O. The fraction of sp³-hybridized carbons (Fsp3) is 0.353. The second-order valence-electron chi connectivity index (χ2n) is 5.70. The molecule has 0 atom stereocenters. The molecule has 2 heterocycles. The van der Waals surface area contributed by atoms with Gasteiger partial charge in [-0.05, 0) is 12.1 Å². The molecule has 0 aliphatic carbocycles. The van der Waals surface area contributed by atoms with Crippen molar-refractivity contribution in [2.24, 2.45) is 0 Å². The van der Waals surface area contributed by atoms with E-state index in [1.165, 1.54) is 12.1 Å². The van der Waals surface area contributed by atoms with E-state index >= 15 is 0 Å². The number of hydrogen-bond acceptors (Lipinski definition) is 5. The highest BCUT2D eigenvalue weighted by molar-refractivity contribution is 6.16. The van der Waals surface area contributed by atoms with Crippen LogP contribution in [-0.4, -0.2) is 36.2 Å². The molecule has 1 aromatic heterocycles. The standard InChI is InChI=1S/C17H18ClFN2O3/c18-10-12-9-15(22)17(23)16(24-12)11-20-5-7-21(8-6-20)14-4-2-1-3-13(14)19/h1-4,9,23H,5-8,10-11H2. The van der Waals surface area contributed by atoms with E-state index in [9.17, 15) is 14.3 Å². The average molecular weight is 353 g/mol. The van der Waals surface area contributed by atoms with E-state index in [1.54, 1.807) is 12.1 Å². The summed E-state index contributed by atoms with van der Waals surface area (Å²) >= 11 is 5.70. The Labute approximate surface area is 143 Å². The van der Waals surface area contributed by atoms with E-state index in [0.717, 1.165) is 0 Å². The Morgan fingerprint density at radius 2 is 1.92 bits per heavy atom. The zero-order chi connectivity index (χ0) is 17.1. The molecule has 7 heteroatoms. The lowest BCUT2D eigenvalue weighted by molar-refractivity contribution is 0.219. The van der Waals surface area contributed by atoms with Gasteiger partial charge in [0.25, 0.3) is 0 Å². The van der Waals surface area contributed by atoms with E-state index < -0.39 is 5.43 Å². The third kappa shape index (κ3) is 3.55. The predicted octanol–water partition coefficient (Wildman–Crippen LogP) is 2.55. The average Bonchev–Trinajstić information content (AvgIpc) is 2.60. The molecule has 0 bridgehead atoms. The van der Waals surface area contributed by atoms with E-state index in [1.807, 2.05) is 15.9 Å². The Balaban J connectivity index is 1.67. The van der Waals surface area contributed by atoms with Crippen molar-refractivity contribution in [2.45, 2.75) is 12.4 Å². The lowest BCUT2D eigenvalue weighted by atomic mass is 10.2. The zero-order valence-corrected chi connectivity index (χ0v) is 13.8. The molecular formula is C17H18ClFN2O3. The first-order valence-corrected chi connectivity index (χ1v) is 8.24. The minimum Gasteiger partial charge on any atom is -0.502 e. The molecule has 0 saturated carbocycles. The fourth-order valence-corrected chi connectivity index (χ4v) is 2.95. The van der Waals surface area contributed by atoms with E-state index in [4.69, 9.17) is 16.0 Å². The van der Waals surface area contributed by atoms with Crippen LogP contribution in [-0.2, 0) is 12.4 Å². The van der Waals surface area contributed by atoms with Crippen LogP contribution in [0.4, 0.5) is 10.1 Å². The van der Waals surface area contributed by atoms with Crippen LogP contribution in [0.3, 0.4) is 0 Å². The normalized spacial score (nSPS) is 15.7. The van der Waals surface area contributed by atoms with Gasteiger partial charge < -0.3 is 14.4 Å². The molecule has 2 aromatic rings. The molecule has 1 aliphatic heterocycles. The second kappa shape index (κ2) is 7.23. The zero-order valence-electron chi connectivity index (χ0n) is 13.0. The number of hydrogen-bond donors (Lipinski definition) is 1. The number of halogens is 2. The monoisotopic (exact) mass is 352 g/mol. The molecule has 1 N–H and O–H groups in total. The first kappa shape index (κ1) is 16.8. The van der Waals surface area contributed by atoms with Gasteiger partial charge in [0, 0.05) is 32.2 Å². The highest BCUT2D eigenvalue weighted by atomic mass is 35.5. The molecule has 1 aliphatic rings. The summed E-state index contributed by atoms with van der Waals surface area (Å²) in [5.74, 6) is 0.0191. The summed E-state index contributed by atoms with van der Waals surface area (Å²) in [6, 6.07) is 7.90. The largest absolute Gasteiger partial charge is 0.502 e. The molecule has 0 amide bonds. The van der Waals surface area contributed by atoms with Crippen molar-refractivity contribution in [2.75, 3.05) is 31.1 Å². The summed E-state index contributed by atoms with van der Waals surface area (Å²) in [6.07, 6.45) is 0.